The minimum Gasteiger partial charge on any atom is -0.359 e. The van der Waals surface area contributed by atoms with Crippen molar-refractivity contribution in [3.63, 3.8) is 0 Å². The average Bonchev–Trinajstić information content (AvgIpc) is 1.51. The Morgan fingerprint density at radius 2 is 0.719 bits per heavy atom. The summed E-state index contributed by atoms with van der Waals surface area (Å²) in [6.07, 6.45) is 16.7. The van der Waals surface area contributed by atoms with Crippen molar-refractivity contribution < 1.29 is 44.3 Å². The first-order chi connectivity index (χ1) is 65.4. The fourth-order valence-electron chi connectivity index (χ4n) is 17.2. The third kappa shape index (κ3) is 17.5. The maximum Gasteiger partial charge on any atom is 0.229 e. The molecule has 11 nitrogen and oxygen atoms in total. The first-order valence-electron chi connectivity index (χ1n) is 50.7. The Balaban J connectivity index is 0.000000148. The number of fused-ring (bicyclic) bond motifs is 2. The van der Waals surface area contributed by atoms with Crippen molar-refractivity contribution in [2.24, 2.45) is 28.2 Å². The number of anilines is 1. The Hall–Kier alpha value is -12.6. The van der Waals surface area contributed by atoms with Gasteiger partial charge in [-0.2, -0.15) is 18.3 Å². The van der Waals surface area contributed by atoms with Gasteiger partial charge in [-0.15, -0.1) is 0 Å². The second-order valence-corrected chi connectivity index (χ2v) is 32.1. The zero-order valence-corrected chi connectivity index (χ0v) is 73.6. The summed E-state index contributed by atoms with van der Waals surface area (Å²) in [7, 11) is 7.98. The normalized spacial score (nSPS) is 16.9. The predicted octanol–water partition coefficient (Wildman–Crippen LogP) is 25.1. The molecule has 0 saturated heterocycles. The number of nitrogens with zero attached hydrogens (tertiary/aromatic N) is 11. The highest BCUT2D eigenvalue weighted by molar-refractivity contribution is 5.94. The molecule has 0 spiro atoms. The molecule has 9 aromatic heterocycles. The maximum atomic E-state index is 8.81. The van der Waals surface area contributed by atoms with Crippen LogP contribution in [0.4, 0.5) is 5.82 Å². The highest BCUT2D eigenvalue weighted by Crippen LogP contribution is 2.43. The molecule has 11 heteroatoms. The number of aromatic nitrogens is 9. The van der Waals surface area contributed by atoms with E-state index in [4.69, 9.17) is 26.0 Å². The zero-order valence-electron chi connectivity index (χ0n) is 92.6. The molecular weight excluding hydrogens is 1480 g/mol. The van der Waals surface area contributed by atoms with E-state index in [-0.39, 0.29) is 23.0 Å². The quantitative estimate of drug-likeness (QED) is 0.102. The Labute approximate surface area is 748 Å². The molecule has 7 aromatic carbocycles. The van der Waals surface area contributed by atoms with Gasteiger partial charge < -0.3 is 28.1 Å². The molecule has 0 saturated carbocycles. The zero-order chi connectivity index (χ0) is 103. The summed E-state index contributed by atoms with van der Waals surface area (Å²) in [5.41, 5.74) is 27.7. The van der Waals surface area contributed by atoms with E-state index in [1.807, 2.05) is 251 Å². The Bertz CT molecular complexity index is 7230. The van der Waals surface area contributed by atoms with Crippen LogP contribution in [0.2, 0.25) is 0 Å². The van der Waals surface area contributed by atoms with Crippen molar-refractivity contribution in [1.82, 2.24) is 27.7 Å². The predicted molar refractivity (Wildman–Crippen MR) is 508 cm³/mol. The standard InChI is InChI=1S/C24H25N2.C23H27N3.C23H29N2.2C20H23N2/c1-16-14-17(2)23(18(3)15-16)26-21-11-7-6-10-20(21)19(4)24(26)22-12-8-9-13-25(22)5;1-16(2)19-10-6-8-12-21(19)26-22-13-9-7-11-20(22)17(3)23(26)25-15-14-24(5)18(25)4;1-16(2)19-10-9-11-20(17(3)4)23(19)25-15-13-18(5)22(25)21-12-7-8-14-24(21)6;1-14-12-16(3)19(17(4)13-14)22-11-9-15(2)20(22)18-8-6-7-10-21(18)5;1-15(2)17-9-5-6-10-18(17)22-14-12-16(3)20(22)19-11-7-8-13-21(19)4/h6-15H,1-5H3;6-16,18H,1-5H3;7-17H,1-6H3;6-13H,1-5H3;5-15H,1-4H3/q+1;;3*+1/t;18-;;;/m.0.../s1/i;5D3,16D;1D3,3D3,16D,17D;3D3;1D3,15D. The van der Waals surface area contributed by atoms with Gasteiger partial charge >= 0.3 is 0 Å². The van der Waals surface area contributed by atoms with Gasteiger partial charge in [-0.25, -0.2) is 0 Å². The molecule has 1 aliphatic heterocycles. The molecule has 17 rings (SSSR count). The third-order valence-corrected chi connectivity index (χ3v) is 23.0. The molecule has 0 fully saturated rings. The maximum absolute atomic E-state index is 8.81. The lowest BCUT2D eigenvalue weighted by molar-refractivity contribution is -0.660. The van der Waals surface area contributed by atoms with E-state index in [2.05, 4.69) is 146 Å². The number of hydrogen-bond donors (Lipinski definition) is 0. The van der Waals surface area contributed by atoms with Crippen LogP contribution in [0.25, 0.3) is 95.8 Å². The lowest BCUT2D eigenvalue weighted by Gasteiger charge is -2.29. The van der Waals surface area contributed by atoms with Crippen LogP contribution in [0.5, 0.6) is 0 Å². The van der Waals surface area contributed by atoms with E-state index in [0.29, 0.717) is 16.8 Å². The highest BCUT2D eigenvalue weighted by Gasteiger charge is 2.31. The largest absolute Gasteiger partial charge is 0.359 e. The Morgan fingerprint density at radius 1 is 0.339 bits per heavy atom. The summed E-state index contributed by atoms with van der Waals surface area (Å²) >= 11 is 0. The van der Waals surface area contributed by atoms with Gasteiger partial charge in [0.05, 0.1) is 33.8 Å². The lowest BCUT2D eigenvalue weighted by Crippen LogP contribution is -2.34. The molecule has 16 aromatic rings. The monoisotopic (exact) mass is 1620 g/mol. The highest BCUT2D eigenvalue weighted by atomic mass is 15.4. The molecule has 3 unspecified atom stereocenters. The van der Waals surface area contributed by atoms with Gasteiger partial charge in [0.15, 0.2) is 24.8 Å². The molecule has 0 radical (unpaired) electrons. The first-order valence-corrected chi connectivity index (χ1v) is 41.2. The van der Waals surface area contributed by atoms with Gasteiger partial charge in [-0.1, -0.05) is 182 Å². The van der Waals surface area contributed by atoms with E-state index in [1.165, 1.54) is 94.1 Å². The second kappa shape index (κ2) is 36.9. The van der Waals surface area contributed by atoms with Crippen LogP contribution in [0.3, 0.4) is 0 Å². The molecule has 1 aliphatic rings. The van der Waals surface area contributed by atoms with Crippen LogP contribution in [0.1, 0.15) is 195 Å². The topological polar surface area (TPSA) is 46.6 Å². The summed E-state index contributed by atoms with van der Waals surface area (Å²) in [4.78, 5) is 3.41. The van der Waals surface area contributed by atoms with E-state index in [0.717, 1.165) is 101 Å². The van der Waals surface area contributed by atoms with Crippen LogP contribution in [-0.2, 0) is 28.2 Å². The molecule has 121 heavy (non-hydrogen) atoms. The Kier molecular flexibility index (Phi) is 19.6. The van der Waals surface area contributed by atoms with Crippen LogP contribution >= 0.6 is 0 Å². The SMILES string of the molecule is Cc1cc(C)c(-n2c(-c3cccc[n+]3C)c(C)c3ccccc32)c(C)c1.[2H]C(C)(C)c1ccccc1-n1c(N2C=CN(C([2H])([2H])[2H])[C@@H]2C)c(C)c2ccccc21.[2H]C([2H])([2H])C([2H])(C)c1cccc(C([2H])(C)C([2H])([2H])[2H])c1-n1ccc(C)c1-c1cccc[n+]1C.[2H]C([2H])([2H])C([2H])(C)c1ccccc1-n1ccc(C)c1-c1cccc[n+]1C.[2H]C([2H])([2H])c1cc(C)cc(C)c1-n1ccc(C)c1-c1cccc[n+]1C. The molecule has 4 atom stereocenters. The minimum atomic E-state index is -2.68. The van der Waals surface area contributed by atoms with E-state index in [9.17, 15) is 0 Å². The fourth-order valence-corrected chi connectivity index (χ4v) is 17.2. The molecule has 0 aliphatic carbocycles. The van der Waals surface area contributed by atoms with Crippen LogP contribution in [0.15, 0.2) is 286 Å². The summed E-state index contributed by atoms with van der Waals surface area (Å²) in [6.45, 7) is 18.4. The molecule has 0 bridgehead atoms. The Morgan fingerprint density at radius 3 is 1.18 bits per heavy atom. The average molecular weight is 1620 g/mol. The van der Waals surface area contributed by atoms with Gasteiger partial charge in [0, 0.05) is 129 Å². The van der Waals surface area contributed by atoms with Crippen LogP contribution in [-0.4, -0.2) is 40.9 Å². The van der Waals surface area contributed by atoms with Crippen LogP contribution in [0, 0.1) is 76.1 Å². The molecule has 618 valence electrons. The molecule has 0 amide bonds. The van der Waals surface area contributed by atoms with Gasteiger partial charge in [-0.05, 0) is 246 Å². The van der Waals surface area contributed by atoms with E-state index >= 15 is 0 Å². The second-order valence-electron chi connectivity index (χ2n) is 32.1. The fraction of sp³-hybridized carbons (Fsp3) is 0.273. The molecular formula is C110H127N11+4. The smallest absolute Gasteiger partial charge is 0.229 e. The molecule has 0 N–H and O–H groups in total. The van der Waals surface area contributed by atoms with Gasteiger partial charge in [0.25, 0.3) is 0 Å². The number of rotatable bonds is 14. The van der Waals surface area contributed by atoms with Crippen molar-refractivity contribution in [2.45, 2.75) is 168 Å². The van der Waals surface area contributed by atoms with Gasteiger partial charge in [-0.3, -0.25) is 4.57 Å². The third-order valence-electron chi connectivity index (χ3n) is 23.0. The lowest BCUT2D eigenvalue weighted by atomic mass is 9.92. The number of aryl methyl sites for hydroxylation is 15. The van der Waals surface area contributed by atoms with E-state index in [1.54, 1.807) is 35.2 Å². The molecule has 10 heterocycles. The van der Waals surface area contributed by atoms with Gasteiger partial charge in [0.2, 0.25) is 22.8 Å². The van der Waals surface area contributed by atoms with Gasteiger partial charge in [0.1, 0.15) is 63.0 Å². The number of para-hydroxylation sites is 5. The van der Waals surface area contributed by atoms with Crippen LogP contribution < -0.4 is 23.2 Å². The summed E-state index contributed by atoms with van der Waals surface area (Å²) in [6, 6.07) is 75.1. The minimum absolute atomic E-state index is 0.137. The van der Waals surface area contributed by atoms with Crippen molar-refractivity contribution in [3.8, 4) is 74.0 Å². The van der Waals surface area contributed by atoms with Crippen molar-refractivity contribution in [1.29, 1.82) is 0 Å². The number of hydrogen-bond acceptors (Lipinski definition) is 2. The van der Waals surface area contributed by atoms with Crippen molar-refractivity contribution in [2.75, 3.05) is 11.9 Å². The first kappa shape index (κ1) is 64.3. The number of pyridine rings is 4. The number of benzene rings is 7. The summed E-state index contributed by atoms with van der Waals surface area (Å²) < 4.78 is 172. The summed E-state index contributed by atoms with van der Waals surface area (Å²) in [5.74, 6) is -5.67. The summed E-state index contributed by atoms with van der Waals surface area (Å²) in [5, 5.41) is 2.42. The van der Waals surface area contributed by atoms with Crippen molar-refractivity contribution >= 4 is 27.6 Å². The van der Waals surface area contributed by atoms with E-state index < -0.39 is 58.0 Å². The van der Waals surface area contributed by atoms with Crippen molar-refractivity contribution in [3.05, 3.63) is 370 Å².